The topological polar surface area (TPSA) is 16.4 Å². The third kappa shape index (κ3) is 3.44. The van der Waals surface area contributed by atoms with Gasteiger partial charge in [0.25, 0.3) is 0 Å². The summed E-state index contributed by atoms with van der Waals surface area (Å²) in [5.74, 6) is 0. The maximum Gasteiger partial charge on any atom is 0.159 e. The number of para-hydroxylation sites is 2. The summed E-state index contributed by atoms with van der Waals surface area (Å²) in [4.78, 5) is 2.39. The molecule has 0 aliphatic heterocycles. The van der Waals surface area contributed by atoms with Crippen LogP contribution in [0.4, 0.5) is 17.1 Å². The minimum Gasteiger partial charge on any atom is -0.454 e. The summed E-state index contributed by atoms with van der Waals surface area (Å²) in [6.45, 7) is 2.16. The first kappa shape index (κ1) is 23.6. The van der Waals surface area contributed by atoms with Crippen molar-refractivity contribution < 1.29 is 4.42 Å². The van der Waals surface area contributed by atoms with Crippen molar-refractivity contribution >= 4 is 92.1 Å². The number of hydrogen-bond donors (Lipinski definition) is 0. The monoisotopic (exact) mass is 555 g/mol. The zero-order valence-corrected chi connectivity index (χ0v) is 23.8. The van der Waals surface area contributed by atoms with Crippen LogP contribution in [-0.4, -0.2) is 0 Å². The Morgan fingerprint density at radius 2 is 1.24 bits per heavy atom. The van der Waals surface area contributed by atoms with Gasteiger partial charge in [-0.05, 0) is 65.7 Å². The molecule has 42 heavy (non-hydrogen) atoms. The van der Waals surface area contributed by atoms with E-state index in [0.29, 0.717) is 0 Å². The highest BCUT2D eigenvalue weighted by atomic mass is 32.1. The molecule has 2 aromatic heterocycles. The SMILES string of the molecule is Cc1cccc(N(c2cc3c4cc5ccccc5cc4sc3c3ccccc23)c2cccc3c2oc2ccccc23)c1. The summed E-state index contributed by atoms with van der Waals surface area (Å²) in [5, 5.41) is 9.87. The number of hydrogen-bond acceptors (Lipinski definition) is 3. The molecule has 0 fully saturated rings. The summed E-state index contributed by atoms with van der Waals surface area (Å²) in [5.41, 5.74) is 6.29. The van der Waals surface area contributed by atoms with Crippen LogP contribution in [0.25, 0.3) is 63.7 Å². The minimum absolute atomic E-state index is 0.894. The lowest BCUT2D eigenvalue weighted by Gasteiger charge is -2.27. The van der Waals surface area contributed by atoms with E-state index in [-0.39, 0.29) is 0 Å². The lowest BCUT2D eigenvalue weighted by atomic mass is 10.0. The molecule has 0 amide bonds. The molecule has 0 aliphatic rings. The molecule has 9 rings (SSSR count). The van der Waals surface area contributed by atoms with Gasteiger partial charge in [0.05, 0.1) is 11.4 Å². The number of thiophene rings is 1. The van der Waals surface area contributed by atoms with E-state index in [1.165, 1.54) is 47.3 Å². The lowest BCUT2D eigenvalue weighted by molar-refractivity contribution is 0.669. The highest BCUT2D eigenvalue weighted by Gasteiger charge is 2.23. The average molecular weight is 556 g/mol. The van der Waals surface area contributed by atoms with Crippen molar-refractivity contribution in [3.05, 3.63) is 139 Å². The van der Waals surface area contributed by atoms with Crippen LogP contribution < -0.4 is 4.90 Å². The molecular weight excluding hydrogens is 531 g/mol. The Kier molecular flexibility index (Phi) is 5.02. The lowest BCUT2D eigenvalue weighted by Crippen LogP contribution is -2.11. The third-order valence-electron chi connectivity index (χ3n) is 8.45. The molecule has 0 radical (unpaired) electrons. The molecule has 3 heteroatoms. The summed E-state index contributed by atoms with van der Waals surface area (Å²) >= 11 is 1.89. The quantitative estimate of drug-likeness (QED) is 0.216. The maximum atomic E-state index is 6.60. The van der Waals surface area contributed by atoms with Crippen LogP contribution >= 0.6 is 11.3 Å². The van der Waals surface area contributed by atoms with Crippen LogP contribution in [0.2, 0.25) is 0 Å². The zero-order chi connectivity index (χ0) is 27.8. The Hall–Kier alpha value is -5.12. The van der Waals surface area contributed by atoms with E-state index in [1.807, 2.05) is 17.4 Å². The van der Waals surface area contributed by atoms with Gasteiger partial charge >= 0.3 is 0 Å². The molecule has 0 spiro atoms. The predicted molar refractivity (Wildman–Crippen MR) is 181 cm³/mol. The summed E-state index contributed by atoms with van der Waals surface area (Å²) in [6.07, 6.45) is 0. The molecule has 9 aromatic rings. The summed E-state index contributed by atoms with van der Waals surface area (Å²) < 4.78 is 9.24. The second-order valence-electron chi connectivity index (χ2n) is 11.0. The van der Waals surface area contributed by atoms with Crippen molar-refractivity contribution in [2.75, 3.05) is 4.90 Å². The molecule has 0 aliphatic carbocycles. The van der Waals surface area contributed by atoms with Gasteiger partial charge in [-0.25, -0.2) is 0 Å². The van der Waals surface area contributed by atoms with Crippen LogP contribution in [0.5, 0.6) is 0 Å². The smallest absolute Gasteiger partial charge is 0.159 e. The highest BCUT2D eigenvalue weighted by Crippen LogP contribution is 2.48. The van der Waals surface area contributed by atoms with Crippen LogP contribution in [0.1, 0.15) is 5.56 Å². The van der Waals surface area contributed by atoms with Crippen LogP contribution in [0, 0.1) is 6.92 Å². The van der Waals surface area contributed by atoms with Crippen molar-refractivity contribution in [2.24, 2.45) is 0 Å². The largest absolute Gasteiger partial charge is 0.454 e. The number of aryl methyl sites for hydroxylation is 1. The van der Waals surface area contributed by atoms with E-state index < -0.39 is 0 Å². The number of fused-ring (bicyclic) bond motifs is 9. The van der Waals surface area contributed by atoms with E-state index in [1.54, 1.807) is 0 Å². The number of furan rings is 1. The molecule has 2 nitrogen and oxygen atoms in total. The second kappa shape index (κ2) is 8.94. The fourth-order valence-corrected chi connectivity index (χ4v) is 7.78. The predicted octanol–water partition coefficient (Wildman–Crippen LogP) is 12.0. The number of anilines is 3. The standard InChI is InChI=1S/C39H25NOS/c1-24-10-8-13-27(20-24)40(34-18-9-17-30-29-15-6-7-19-36(29)41-38(30)34)35-23-33-32-21-25-11-2-3-12-26(25)22-37(32)42-39(33)31-16-5-4-14-28(31)35/h2-23H,1H3. The Labute approximate surface area is 246 Å². The van der Waals surface area contributed by atoms with Gasteiger partial charge in [-0.2, -0.15) is 0 Å². The summed E-state index contributed by atoms with van der Waals surface area (Å²) in [6, 6.07) is 48.2. The molecule has 0 N–H and O–H groups in total. The minimum atomic E-state index is 0.894. The molecule has 0 bridgehead atoms. The fourth-order valence-electron chi connectivity index (χ4n) is 6.53. The first-order valence-electron chi connectivity index (χ1n) is 14.3. The van der Waals surface area contributed by atoms with Crippen LogP contribution in [0.3, 0.4) is 0 Å². The van der Waals surface area contributed by atoms with Crippen molar-refractivity contribution in [3.8, 4) is 0 Å². The fraction of sp³-hybridized carbons (Fsp3) is 0.0256. The molecule has 0 saturated carbocycles. The Morgan fingerprint density at radius 1 is 0.524 bits per heavy atom. The van der Waals surface area contributed by atoms with Gasteiger partial charge in [-0.1, -0.05) is 91.0 Å². The first-order chi connectivity index (χ1) is 20.7. The van der Waals surface area contributed by atoms with Crippen molar-refractivity contribution in [1.29, 1.82) is 0 Å². The number of rotatable bonds is 3. The van der Waals surface area contributed by atoms with Gasteiger partial charge in [0, 0.05) is 47.4 Å². The van der Waals surface area contributed by atoms with Gasteiger partial charge < -0.3 is 9.32 Å². The molecule has 0 unspecified atom stereocenters. The van der Waals surface area contributed by atoms with E-state index in [0.717, 1.165) is 39.0 Å². The molecule has 0 saturated heterocycles. The molecule has 2 heterocycles. The van der Waals surface area contributed by atoms with Crippen molar-refractivity contribution in [2.45, 2.75) is 6.92 Å². The van der Waals surface area contributed by atoms with Gasteiger partial charge in [0.15, 0.2) is 5.58 Å². The molecular formula is C39H25NOS. The van der Waals surface area contributed by atoms with E-state index in [4.69, 9.17) is 4.42 Å². The van der Waals surface area contributed by atoms with Gasteiger partial charge in [0.2, 0.25) is 0 Å². The first-order valence-corrected chi connectivity index (χ1v) is 15.1. The zero-order valence-electron chi connectivity index (χ0n) is 23.0. The second-order valence-corrected chi connectivity index (χ2v) is 12.1. The summed E-state index contributed by atoms with van der Waals surface area (Å²) in [7, 11) is 0. The van der Waals surface area contributed by atoms with E-state index in [2.05, 4.69) is 139 Å². The number of nitrogens with zero attached hydrogens (tertiary/aromatic N) is 1. The van der Waals surface area contributed by atoms with Gasteiger partial charge in [-0.3, -0.25) is 0 Å². The third-order valence-corrected chi connectivity index (χ3v) is 9.65. The van der Waals surface area contributed by atoms with Crippen molar-refractivity contribution in [1.82, 2.24) is 0 Å². The van der Waals surface area contributed by atoms with Gasteiger partial charge in [-0.15, -0.1) is 11.3 Å². The average Bonchev–Trinajstić information content (AvgIpc) is 3.59. The van der Waals surface area contributed by atoms with Crippen LogP contribution in [0.15, 0.2) is 138 Å². The van der Waals surface area contributed by atoms with E-state index >= 15 is 0 Å². The Bertz CT molecular complexity index is 2500. The Balaban J connectivity index is 1.43. The maximum absolute atomic E-state index is 6.60. The number of benzene rings is 7. The van der Waals surface area contributed by atoms with Crippen LogP contribution in [-0.2, 0) is 0 Å². The van der Waals surface area contributed by atoms with Crippen molar-refractivity contribution in [3.63, 3.8) is 0 Å². The molecule has 0 atom stereocenters. The molecule has 198 valence electrons. The van der Waals surface area contributed by atoms with Gasteiger partial charge in [0.1, 0.15) is 5.58 Å². The Morgan fingerprint density at radius 3 is 2.10 bits per heavy atom. The normalized spacial score (nSPS) is 11.9. The highest BCUT2D eigenvalue weighted by molar-refractivity contribution is 7.26. The van der Waals surface area contributed by atoms with E-state index in [9.17, 15) is 0 Å². The molecule has 7 aromatic carbocycles.